The fourth-order valence-corrected chi connectivity index (χ4v) is 11.5. The van der Waals surface area contributed by atoms with E-state index in [4.69, 9.17) is 14.2 Å². The average molecular weight is 744 g/mol. The number of thiazole rings is 1. The summed E-state index contributed by atoms with van der Waals surface area (Å²) in [5.41, 5.74) is 2.08. The van der Waals surface area contributed by atoms with Crippen LogP contribution >= 0.6 is 23.1 Å². The number of nitrogens with zero attached hydrogens (tertiary/aromatic N) is 1. The Balaban J connectivity index is 1.08. The number of esters is 1. The van der Waals surface area contributed by atoms with Gasteiger partial charge in [-0.3, -0.25) is 24.1 Å². The number of thioether (sulfide) groups is 1. The molecule has 8 rings (SSSR count). The minimum atomic E-state index is -0.502. The maximum absolute atomic E-state index is 14.2. The van der Waals surface area contributed by atoms with Crippen molar-refractivity contribution in [3.8, 4) is 11.5 Å². The first-order valence-corrected chi connectivity index (χ1v) is 18.9. The fourth-order valence-electron chi connectivity index (χ4n) is 8.58. The topological polar surface area (TPSA) is 144 Å². The molecule has 2 N–H and O–H groups in total. The third-order valence-electron chi connectivity index (χ3n) is 10.5. The Labute approximate surface area is 305 Å². The number of carbonyl (C=O) groups is 4. The molecule has 268 valence electrons. The molecule has 0 radical (unpaired) electrons. The van der Waals surface area contributed by atoms with Crippen LogP contribution in [0, 0.1) is 35.4 Å². The van der Waals surface area contributed by atoms with Crippen LogP contribution in [-0.2, 0) is 19.1 Å². The largest absolute Gasteiger partial charge is 0.490 e. The van der Waals surface area contributed by atoms with E-state index in [0.29, 0.717) is 35.0 Å². The van der Waals surface area contributed by atoms with Gasteiger partial charge in [0.1, 0.15) is 5.82 Å². The Morgan fingerprint density at radius 1 is 0.904 bits per heavy atom. The SMILES string of the molecule is CCOC(=O)c1ccc(N2C(=O)C3C(C2=O)[C@@H]2C[C@H]3C3Sc4[nH]c(=O)sc4[C@H](c4ccc(OCC(=O)Nc5ccc(F)cc5)c(OCC)c4)C32)cc1. The predicted octanol–water partition coefficient (Wildman–Crippen LogP) is 5.85. The zero-order chi connectivity index (χ0) is 36.3. The summed E-state index contributed by atoms with van der Waals surface area (Å²) in [6.07, 6.45) is 0.725. The van der Waals surface area contributed by atoms with E-state index >= 15 is 0 Å². The molecule has 14 heteroatoms. The summed E-state index contributed by atoms with van der Waals surface area (Å²) in [7, 11) is 0. The maximum atomic E-state index is 14.2. The van der Waals surface area contributed by atoms with E-state index in [1.54, 1.807) is 49.0 Å². The molecular formula is C38H34FN3O8S2. The zero-order valence-corrected chi connectivity index (χ0v) is 29.8. The average Bonchev–Trinajstić information content (AvgIpc) is 3.87. The van der Waals surface area contributed by atoms with Gasteiger partial charge in [-0.05, 0) is 104 Å². The zero-order valence-electron chi connectivity index (χ0n) is 28.1. The fraction of sp³-hybridized carbons (Fsp3) is 0.342. The number of hydrogen-bond acceptors (Lipinski definition) is 10. The molecule has 7 atom stereocenters. The van der Waals surface area contributed by atoms with Crippen LogP contribution in [0.3, 0.4) is 0 Å². The van der Waals surface area contributed by atoms with Crippen LogP contribution in [0.15, 0.2) is 76.6 Å². The highest BCUT2D eigenvalue weighted by molar-refractivity contribution is 8.00. The van der Waals surface area contributed by atoms with Crippen LogP contribution < -0.4 is 24.6 Å². The number of halogens is 1. The van der Waals surface area contributed by atoms with Crippen molar-refractivity contribution in [2.75, 3.05) is 30.0 Å². The number of hydrogen-bond donors (Lipinski definition) is 2. The van der Waals surface area contributed by atoms with Gasteiger partial charge in [-0.1, -0.05) is 17.4 Å². The van der Waals surface area contributed by atoms with E-state index in [-0.39, 0.29) is 58.8 Å². The number of aromatic amines is 1. The van der Waals surface area contributed by atoms with Gasteiger partial charge in [-0.15, -0.1) is 11.8 Å². The lowest BCUT2D eigenvalue weighted by Gasteiger charge is -2.43. The summed E-state index contributed by atoms with van der Waals surface area (Å²) >= 11 is 2.76. The van der Waals surface area contributed by atoms with Gasteiger partial charge in [0.25, 0.3) is 5.91 Å². The summed E-state index contributed by atoms with van der Waals surface area (Å²) in [5, 5.41) is 3.45. The van der Waals surface area contributed by atoms with Crippen LogP contribution in [-0.4, -0.2) is 53.7 Å². The van der Waals surface area contributed by atoms with Crippen LogP contribution in [0.4, 0.5) is 15.8 Å². The molecule has 11 nitrogen and oxygen atoms in total. The van der Waals surface area contributed by atoms with Gasteiger partial charge >= 0.3 is 10.8 Å². The first-order valence-electron chi connectivity index (χ1n) is 17.2. The number of imide groups is 1. The number of H-pyrrole nitrogens is 1. The minimum Gasteiger partial charge on any atom is -0.490 e. The summed E-state index contributed by atoms with van der Waals surface area (Å²) in [6.45, 7) is 3.83. The molecule has 1 saturated heterocycles. The van der Waals surface area contributed by atoms with Crippen molar-refractivity contribution >= 4 is 58.2 Å². The summed E-state index contributed by atoms with van der Waals surface area (Å²) in [6, 6.07) is 17.3. The Bertz CT molecular complexity index is 2130. The normalized spacial score (nSPS) is 25.4. The number of amides is 3. The molecule has 4 unspecified atom stereocenters. The smallest absolute Gasteiger partial charge is 0.338 e. The standard InChI is InChI=1S/C38H34FN3O8S2/c1-3-48-26-15-19(7-14-25(26)50-17-27(43)40-21-10-8-20(39)9-11-21)28-29-23-16-24(32(29)51-34-33(28)52-38(47)41-34)31-30(23)35(44)42(36(31)45)22-12-5-18(6-13-22)37(46)49-4-2/h5-15,23-24,28-32H,3-4,16-17H2,1-2H3,(H,40,43)(H,41,47)/t23-,24-,28-,29?,30?,31?,32?/m1/s1. The third-order valence-corrected chi connectivity index (χ3v) is 13.1. The summed E-state index contributed by atoms with van der Waals surface area (Å²) < 4.78 is 30.2. The molecule has 2 saturated carbocycles. The van der Waals surface area contributed by atoms with E-state index in [2.05, 4.69) is 10.3 Å². The number of anilines is 2. The monoisotopic (exact) mass is 743 g/mol. The molecule has 4 aliphatic rings. The number of carbonyl (C=O) groups excluding carboxylic acids is 4. The number of rotatable bonds is 10. The molecule has 2 aliphatic heterocycles. The number of aromatic nitrogens is 1. The third kappa shape index (κ3) is 5.77. The Hall–Kier alpha value is -4.95. The van der Waals surface area contributed by atoms with Crippen molar-refractivity contribution in [1.82, 2.24) is 4.98 Å². The lowest BCUT2D eigenvalue weighted by atomic mass is 9.68. The van der Waals surface area contributed by atoms with Gasteiger partial charge in [0.2, 0.25) is 11.8 Å². The molecule has 1 aromatic heterocycles. The van der Waals surface area contributed by atoms with Gasteiger partial charge in [-0.25, -0.2) is 9.18 Å². The second-order valence-corrected chi connectivity index (χ2v) is 15.4. The quantitative estimate of drug-likeness (QED) is 0.151. The van der Waals surface area contributed by atoms with Crippen molar-refractivity contribution in [3.05, 3.63) is 98.2 Å². The van der Waals surface area contributed by atoms with Crippen molar-refractivity contribution in [2.24, 2.45) is 29.6 Å². The van der Waals surface area contributed by atoms with Crippen molar-refractivity contribution in [1.29, 1.82) is 0 Å². The highest BCUT2D eigenvalue weighted by atomic mass is 32.2. The van der Waals surface area contributed by atoms with Gasteiger partial charge in [0.05, 0.1) is 41.3 Å². The number of ether oxygens (including phenoxy) is 3. The molecule has 0 spiro atoms. The van der Waals surface area contributed by atoms with Crippen LogP contribution in [0.2, 0.25) is 0 Å². The number of nitrogens with one attached hydrogen (secondary N) is 2. The van der Waals surface area contributed by atoms with Gasteiger partial charge in [-0.2, -0.15) is 0 Å². The van der Waals surface area contributed by atoms with Crippen molar-refractivity contribution in [3.63, 3.8) is 0 Å². The molecular weight excluding hydrogens is 710 g/mol. The first kappa shape index (κ1) is 34.2. The molecule has 52 heavy (non-hydrogen) atoms. The van der Waals surface area contributed by atoms with Gasteiger partial charge in [0.15, 0.2) is 18.1 Å². The highest BCUT2D eigenvalue weighted by Gasteiger charge is 2.69. The van der Waals surface area contributed by atoms with E-state index in [9.17, 15) is 28.4 Å². The predicted molar refractivity (Wildman–Crippen MR) is 192 cm³/mol. The Morgan fingerprint density at radius 3 is 2.35 bits per heavy atom. The molecule has 3 aromatic carbocycles. The van der Waals surface area contributed by atoms with E-state index < -0.39 is 29.5 Å². The van der Waals surface area contributed by atoms with E-state index in [0.717, 1.165) is 33.2 Å². The maximum Gasteiger partial charge on any atom is 0.338 e. The molecule has 2 bridgehead atoms. The molecule has 3 fully saturated rings. The summed E-state index contributed by atoms with van der Waals surface area (Å²) in [5.74, 6) is -2.43. The van der Waals surface area contributed by atoms with Crippen molar-refractivity contribution in [2.45, 2.75) is 36.5 Å². The molecule has 3 amide bonds. The van der Waals surface area contributed by atoms with E-state index in [1.165, 1.54) is 29.2 Å². The van der Waals surface area contributed by atoms with Gasteiger partial charge < -0.3 is 24.5 Å². The molecule has 3 heterocycles. The number of fused-ring (bicyclic) bond motifs is 9. The second-order valence-electron chi connectivity index (χ2n) is 13.2. The highest BCUT2D eigenvalue weighted by Crippen LogP contribution is 2.68. The first-order chi connectivity index (χ1) is 25.2. The molecule has 4 aromatic rings. The van der Waals surface area contributed by atoms with Crippen LogP contribution in [0.5, 0.6) is 11.5 Å². The minimum absolute atomic E-state index is 0.0153. The van der Waals surface area contributed by atoms with Crippen molar-refractivity contribution < 1.29 is 37.8 Å². The Morgan fingerprint density at radius 2 is 1.63 bits per heavy atom. The van der Waals surface area contributed by atoms with Crippen LogP contribution in [0.25, 0.3) is 0 Å². The molecule has 2 aliphatic carbocycles. The lowest BCUT2D eigenvalue weighted by molar-refractivity contribution is -0.123. The summed E-state index contributed by atoms with van der Waals surface area (Å²) in [4.78, 5) is 70.8. The van der Waals surface area contributed by atoms with E-state index in [1.807, 2.05) is 19.1 Å². The van der Waals surface area contributed by atoms with Crippen LogP contribution in [0.1, 0.15) is 47.0 Å². The van der Waals surface area contributed by atoms with Gasteiger partial charge in [0, 0.05) is 21.7 Å². The second kappa shape index (κ2) is 13.6. The Kier molecular flexibility index (Phi) is 8.90. The number of benzene rings is 3. The lowest BCUT2D eigenvalue weighted by Crippen LogP contribution is -2.42.